The van der Waals surface area contributed by atoms with Gasteiger partial charge in [-0.2, -0.15) is 0 Å². The van der Waals surface area contributed by atoms with Crippen LogP contribution >= 0.6 is 0 Å². The summed E-state index contributed by atoms with van der Waals surface area (Å²) in [6.45, 7) is 11.9. The predicted molar refractivity (Wildman–Crippen MR) is 110 cm³/mol. The number of hydrogen-bond donors (Lipinski definition) is 2. The first kappa shape index (κ1) is 22.8. The molecule has 0 spiro atoms. The van der Waals surface area contributed by atoms with E-state index in [9.17, 15) is 13.2 Å². The molecule has 1 unspecified atom stereocenters. The Hall–Kier alpha value is -1.48. The highest BCUT2D eigenvalue weighted by Gasteiger charge is 2.22. The Morgan fingerprint density at radius 2 is 2.07 bits per heavy atom. The third-order valence-electron chi connectivity index (χ3n) is 4.65. The predicted octanol–water partition coefficient (Wildman–Crippen LogP) is 1.44. The summed E-state index contributed by atoms with van der Waals surface area (Å²) in [5, 5.41) is 2.85. The third-order valence-corrected chi connectivity index (χ3v) is 6.25. The quantitative estimate of drug-likeness (QED) is 0.642. The van der Waals surface area contributed by atoms with Gasteiger partial charge >= 0.3 is 0 Å². The summed E-state index contributed by atoms with van der Waals surface area (Å²) in [7, 11) is -3.62. The molecule has 0 aromatic heterocycles. The number of hydrogen-bond acceptors (Lipinski definition) is 5. The Labute approximate surface area is 168 Å². The first-order valence-electron chi connectivity index (χ1n) is 9.85. The number of benzene rings is 1. The van der Waals surface area contributed by atoms with Gasteiger partial charge in [-0.25, -0.2) is 13.1 Å². The topological polar surface area (TPSA) is 87.7 Å². The molecule has 1 amide bonds. The van der Waals surface area contributed by atoms with Crippen LogP contribution in [0.5, 0.6) is 0 Å². The normalized spacial score (nSPS) is 18.4. The molecule has 7 nitrogen and oxygen atoms in total. The first-order chi connectivity index (χ1) is 13.2. The third kappa shape index (κ3) is 7.16. The fourth-order valence-corrected chi connectivity index (χ4v) is 4.63. The highest BCUT2D eigenvalue weighted by atomic mass is 32.2. The fourth-order valence-electron chi connectivity index (χ4n) is 3.28. The smallest absolute Gasteiger partial charge is 0.240 e. The molecule has 1 aliphatic rings. The van der Waals surface area contributed by atoms with E-state index in [1.165, 1.54) is 0 Å². The van der Waals surface area contributed by atoms with Crippen molar-refractivity contribution in [2.24, 2.45) is 5.92 Å². The molecule has 0 saturated carbocycles. The van der Waals surface area contributed by atoms with Crippen LogP contribution in [0.4, 0.5) is 0 Å². The van der Waals surface area contributed by atoms with E-state index < -0.39 is 10.0 Å². The van der Waals surface area contributed by atoms with Gasteiger partial charge in [0.2, 0.25) is 15.9 Å². The van der Waals surface area contributed by atoms with Crippen LogP contribution in [0, 0.1) is 19.8 Å². The van der Waals surface area contributed by atoms with E-state index >= 15 is 0 Å². The Kier molecular flexibility index (Phi) is 8.42. The summed E-state index contributed by atoms with van der Waals surface area (Å²) in [5.74, 6) is 0.409. The number of carbonyl (C=O) groups excluding carboxylic acids is 1. The lowest BCUT2D eigenvalue weighted by Gasteiger charge is -2.33. The Morgan fingerprint density at radius 3 is 2.79 bits per heavy atom. The van der Waals surface area contributed by atoms with Crippen LogP contribution in [0.25, 0.3) is 0 Å². The van der Waals surface area contributed by atoms with Crippen molar-refractivity contribution in [3.8, 4) is 0 Å². The van der Waals surface area contributed by atoms with E-state index in [0.29, 0.717) is 24.6 Å². The molecule has 1 aromatic rings. The molecular weight excluding hydrogens is 378 g/mol. The number of amides is 1. The van der Waals surface area contributed by atoms with Crippen LogP contribution in [0.15, 0.2) is 23.1 Å². The van der Waals surface area contributed by atoms with Crippen molar-refractivity contribution in [2.45, 2.75) is 45.1 Å². The van der Waals surface area contributed by atoms with E-state index in [-0.39, 0.29) is 29.9 Å². The van der Waals surface area contributed by atoms with E-state index in [0.717, 1.165) is 25.2 Å². The molecule has 1 heterocycles. The minimum Gasteiger partial charge on any atom is -0.374 e. The van der Waals surface area contributed by atoms with Crippen molar-refractivity contribution >= 4 is 15.9 Å². The van der Waals surface area contributed by atoms with Crippen LogP contribution in [0.1, 0.15) is 31.4 Å². The highest BCUT2D eigenvalue weighted by molar-refractivity contribution is 7.89. The summed E-state index contributed by atoms with van der Waals surface area (Å²) in [6, 6.07) is 5.29. The van der Waals surface area contributed by atoms with Gasteiger partial charge in [-0.05, 0) is 37.0 Å². The number of nitrogens with one attached hydrogen (secondary N) is 2. The van der Waals surface area contributed by atoms with Gasteiger partial charge in [-0.1, -0.05) is 26.0 Å². The highest BCUT2D eigenvalue weighted by Crippen LogP contribution is 2.16. The number of ether oxygens (including phenoxy) is 1. The number of sulfonamides is 1. The SMILES string of the molecule is Cc1ccc(C)c(S(=O)(=O)NCCC(=O)NCC2CN(CC(C)C)CCO2)c1. The van der Waals surface area contributed by atoms with Gasteiger partial charge in [0.25, 0.3) is 0 Å². The maximum Gasteiger partial charge on any atom is 0.240 e. The van der Waals surface area contributed by atoms with E-state index in [2.05, 4.69) is 28.8 Å². The molecule has 0 aliphatic carbocycles. The minimum absolute atomic E-state index is 0.0249. The Balaban J connectivity index is 1.74. The Bertz CT molecular complexity index is 765. The van der Waals surface area contributed by atoms with Crippen LogP contribution < -0.4 is 10.0 Å². The fraction of sp³-hybridized carbons (Fsp3) is 0.650. The van der Waals surface area contributed by atoms with Gasteiger partial charge in [-0.3, -0.25) is 9.69 Å². The zero-order chi connectivity index (χ0) is 20.7. The van der Waals surface area contributed by atoms with Gasteiger partial charge < -0.3 is 10.1 Å². The average Bonchev–Trinajstić information content (AvgIpc) is 2.61. The van der Waals surface area contributed by atoms with Crippen LogP contribution in [0.2, 0.25) is 0 Å². The maximum atomic E-state index is 12.4. The molecule has 2 N–H and O–H groups in total. The summed E-state index contributed by atoms with van der Waals surface area (Å²) < 4.78 is 33.1. The lowest BCUT2D eigenvalue weighted by Crippen LogP contribution is -2.48. The average molecular weight is 412 g/mol. The number of carbonyl (C=O) groups is 1. The summed E-state index contributed by atoms with van der Waals surface area (Å²) >= 11 is 0. The zero-order valence-corrected chi connectivity index (χ0v) is 18.1. The molecule has 0 bridgehead atoms. The second-order valence-electron chi connectivity index (χ2n) is 7.87. The number of aryl methyl sites for hydroxylation is 2. The van der Waals surface area contributed by atoms with E-state index in [4.69, 9.17) is 4.74 Å². The van der Waals surface area contributed by atoms with Crippen molar-refractivity contribution in [2.75, 3.05) is 39.3 Å². The molecule has 1 aromatic carbocycles. The molecule has 2 rings (SSSR count). The van der Waals surface area contributed by atoms with Crippen LogP contribution in [0.3, 0.4) is 0 Å². The number of rotatable bonds is 9. The number of morpholine rings is 1. The van der Waals surface area contributed by atoms with Gasteiger partial charge in [0.15, 0.2) is 0 Å². The molecule has 1 aliphatic heterocycles. The molecule has 1 atom stereocenters. The summed E-state index contributed by atoms with van der Waals surface area (Å²) in [5.41, 5.74) is 1.56. The summed E-state index contributed by atoms with van der Waals surface area (Å²) in [4.78, 5) is 14.7. The molecule has 158 valence electrons. The standard InChI is InChI=1S/C20H33N3O4S/c1-15(2)13-23-9-10-27-18(14-23)12-21-20(24)7-8-22-28(25,26)19-11-16(3)5-6-17(19)4/h5-6,11,15,18,22H,7-10,12-14H2,1-4H3,(H,21,24). The molecular formula is C20H33N3O4S. The van der Waals surface area contributed by atoms with Gasteiger partial charge in [0.1, 0.15) is 0 Å². The van der Waals surface area contributed by atoms with Crippen molar-refractivity contribution in [1.29, 1.82) is 0 Å². The van der Waals surface area contributed by atoms with Gasteiger partial charge in [-0.15, -0.1) is 0 Å². The summed E-state index contributed by atoms with van der Waals surface area (Å²) in [6.07, 6.45) is 0.0649. The lowest BCUT2D eigenvalue weighted by atomic mass is 10.2. The van der Waals surface area contributed by atoms with Crippen molar-refractivity contribution in [3.63, 3.8) is 0 Å². The van der Waals surface area contributed by atoms with E-state index in [1.807, 2.05) is 13.0 Å². The van der Waals surface area contributed by atoms with Crippen molar-refractivity contribution in [3.05, 3.63) is 29.3 Å². The van der Waals surface area contributed by atoms with Gasteiger partial charge in [0, 0.05) is 39.1 Å². The monoisotopic (exact) mass is 411 g/mol. The minimum atomic E-state index is -3.62. The molecule has 1 saturated heterocycles. The first-order valence-corrected chi connectivity index (χ1v) is 11.3. The zero-order valence-electron chi connectivity index (χ0n) is 17.3. The number of nitrogens with zero attached hydrogens (tertiary/aromatic N) is 1. The largest absolute Gasteiger partial charge is 0.374 e. The molecule has 28 heavy (non-hydrogen) atoms. The second kappa shape index (κ2) is 10.3. The van der Waals surface area contributed by atoms with Crippen LogP contribution in [-0.2, 0) is 19.6 Å². The lowest BCUT2D eigenvalue weighted by molar-refractivity contribution is -0.122. The van der Waals surface area contributed by atoms with Crippen molar-refractivity contribution in [1.82, 2.24) is 14.9 Å². The molecule has 8 heteroatoms. The molecule has 0 radical (unpaired) electrons. The molecule has 1 fully saturated rings. The van der Waals surface area contributed by atoms with E-state index in [1.54, 1.807) is 19.1 Å². The Morgan fingerprint density at radius 1 is 1.32 bits per heavy atom. The van der Waals surface area contributed by atoms with Gasteiger partial charge in [0.05, 0.1) is 17.6 Å². The maximum absolute atomic E-state index is 12.4. The van der Waals surface area contributed by atoms with Crippen LogP contribution in [-0.4, -0.2) is 64.7 Å². The second-order valence-corrected chi connectivity index (χ2v) is 9.60. The van der Waals surface area contributed by atoms with Crippen molar-refractivity contribution < 1.29 is 17.9 Å².